The van der Waals surface area contributed by atoms with Gasteiger partial charge in [-0.05, 0) is 60.4 Å². The third-order valence-electron chi connectivity index (χ3n) is 5.81. The van der Waals surface area contributed by atoms with Crippen molar-refractivity contribution in [1.29, 1.82) is 0 Å². The Balaban J connectivity index is 1.69. The van der Waals surface area contributed by atoms with E-state index >= 15 is 0 Å². The summed E-state index contributed by atoms with van der Waals surface area (Å²) >= 11 is 0. The summed E-state index contributed by atoms with van der Waals surface area (Å²) in [5, 5.41) is 27.5. The van der Waals surface area contributed by atoms with Gasteiger partial charge in [0.05, 0.1) is 6.20 Å². The average Bonchev–Trinajstić information content (AvgIpc) is 3.35. The number of aromatic nitrogens is 1. The van der Waals surface area contributed by atoms with Gasteiger partial charge < -0.3 is 25.3 Å². The van der Waals surface area contributed by atoms with Crippen molar-refractivity contribution >= 4 is 35.4 Å². The minimum atomic E-state index is -1.41. The van der Waals surface area contributed by atoms with Gasteiger partial charge >= 0.3 is 12.2 Å². The fraction of sp³-hybridized carbons (Fsp3) is 0.296. The minimum Gasteiger partial charge on any atom is -0.465 e. The van der Waals surface area contributed by atoms with Crippen molar-refractivity contribution in [3.8, 4) is 22.8 Å². The molecule has 12 heteroatoms. The van der Waals surface area contributed by atoms with E-state index < -0.39 is 36.1 Å². The summed E-state index contributed by atoms with van der Waals surface area (Å²) in [5.41, 5.74) is 2.71. The summed E-state index contributed by atoms with van der Waals surface area (Å²) in [6, 6.07) is 12.7. The lowest BCUT2D eigenvalue weighted by molar-refractivity contribution is -0.122. The Kier molecular flexibility index (Phi) is 9.26. The molecule has 1 heterocycles. The topological polar surface area (TPSA) is 183 Å². The zero-order valence-corrected chi connectivity index (χ0v) is 21.9. The number of carbonyl (C=O) groups excluding carboxylic acids is 2. The van der Waals surface area contributed by atoms with E-state index in [4.69, 9.17) is 14.6 Å². The molecule has 3 rings (SSSR count). The third kappa shape index (κ3) is 7.81. The third-order valence-corrected chi connectivity index (χ3v) is 5.81. The summed E-state index contributed by atoms with van der Waals surface area (Å²) in [7, 11) is 0. The monoisotopic (exact) mass is 537 g/mol. The van der Waals surface area contributed by atoms with Crippen molar-refractivity contribution in [3.05, 3.63) is 54.7 Å². The first-order chi connectivity index (χ1) is 18.4. The summed E-state index contributed by atoms with van der Waals surface area (Å²) in [6.07, 6.45) is -1.22. The van der Waals surface area contributed by atoms with E-state index in [9.17, 15) is 19.2 Å². The molecule has 0 fully saturated rings. The Labute approximate surface area is 224 Å². The lowest BCUT2D eigenvalue weighted by Gasteiger charge is -2.21. The van der Waals surface area contributed by atoms with Crippen molar-refractivity contribution < 1.29 is 33.8 Å². The Morgan fingerprint density at radius 1 is 0.692 bits per heavy atom. The molecule has 0 bridgehead atoms. The first kappa shape index (κ1) is 28.7. The number of carbonyl (C=O) groups is 4. The van der Waals surface area contributed by atoms with Crippen LogP contribution in [0.5, 0.6) is 0 Å². The van der Waals surface area contributed by atoms with Gasteiger partial charge in [0.2, 0.25) is 5.89 Å². The molecule has 0 unspecified atom stereocenters. The SMILES string of the molecule is CC(C)[C@@H](Nc1ccc(-c2cnc(-c3ccc(N[C@@H](C(=O)NC(=O)O)C(C)C)cc3)o2)cc1)C(=O)NC(=O)O. The zero-order valence-electron chi connectivity index (χ0n) is 21.9. The number of nitrogens with one attached hydrogen (secondary N) is 4. The van der Waals surface area contributed by atoms with Crippen LogP contribution in [0.15, 0.2) is 59.1 Å². The molecule has 3 aromatic rings. The van der Waals surface area contributed by atoms with Gasteiger partial charge in [0.1, 0.15) is 12.1 Å². The fourth-order valence-electron chi connectivity index (χ4n) is 3.78. The van der Waals surface area contributed by atoms with E-state index in [1.807, 2.05) is 38.3 Å². The van der Waals surface area contributed by atoms with E-state index in [0.29, 0.717) is 28.6 Å². The minimum absolute atomic E-state index is 0.152. The molecule has 2 atom stereocenters. The Morgan fingerprint density at radius 3 is 1.49 bits per heavy atom. The normalized spacial score (nSPS) is 12.5. The van der Waals surface area contributed by atoms with Crippen molar-refractivity contribution in [2.75, 3.05) is 10.6 Å². The average molecular weight is 538 g/mol. The lowest BCUT2D eigenvalue weighted by atomic mass is 10.0. The summed E-state index contributed by atoms with van der Waals surface area (Å²) < 4.78 is 5.93. The smallest absolute Gasteiger partial charge is 0.411 e. The van der Waals surface area contributed by atoms with Crippen molar-refractivity contribution in [3.63, 3.8) is 0 Å². The number of nitrogens with zero attached hydrogens (tertiary/aromatic N) is 1. The number of imide groups is 2. The predicted octanol–water partition coefficient (Wildman–Crippen LogP) is 4.47. The molecule has 206 valence electrons. The highest BCUT2D eigenvalue weighted by Gasteiger charge is 2.25. The lowest BCUT2D eigenvalue weighted by Crippen LogP contribution is -2.44. The molecule has 4 amide bonds. The molecule has 0 saturated carbocycles. The van der Waals surface area contributed by atoms with Gasteiger partial charge in [-0.2, -0.15) is 0 Å². The molecule has 39 heavy (non-hydrogen) atoms. The highest BCUT2D eigenvalue weighted by molar-refractivity contribution is 5.96. The molecule has 6 N–H and O–H groups in total. The maximum atomic E-state index is 12.2. The molecule has 1 aromatic heterocycles. The summed E-state index contributed by atoms with van der Waals surface area (Å²) in [6.45, 7) is 7.24. The van der Waals surface area contributed by atoms with Crippen LogP contribution in [0, 0.1) is 11.8 Å². The van der Waals surface area contributed by atoms with E-state index in [1.165, 1.54) is 0 Å². The standard InChI is InChI=1S/C27H31N5O7/c1-14(2)21(23(33)31-26(35)36)29-18-9-5-16(6-10-18)20-13-28-25(39-20)17-7-11-19(12-8-17)30-22(15(3)4)24(34)32-27(37)38/h5-15,21-22,29-30H,1-4H3,(H,31,33)(H,32,34)(H,35,36)(H,37,38)/t21-,22-/m1/s1. The zero-order chi connectivity index (χ0) is 28.7. The van der Waals surface area contributed by atoms with Crippen LogP contribution in [0.3, 0.4) is 0 Å². The van der Waals surface area contributed by atoms with Gasteiger partial charge in [-0.1, -0.05) is 27.7 Å². The van der Waals surface area contributed by atoms with E-state index in [-0.39, 0.29) is 11.8 Å². The van der Waals surface area contributed by atoms with Crippen LogP contribution in [-0.2, 0) is 9.59 Å². The highest BCUT2D eigenvalue weighted by atomic mass is 16.4. The molecule has 0 spiro atoms. The van der Waals surface area contributed by atoms with Crippen LogP contribution in [0.1, 0.15) is 27.7 Å². The molecular formula is C27H31N5O7. The van der Waals surface area contributed by atoms with Gasteiger partial charge in [-0.3, -0.25) is 20.2 Å². The van der Waals surface area contributed by atoms with Crippen molar-refractivity contribution in [2.45, 2.75) is 39.8 Å². The molecule has 0 aliphatic carbocycles. The van der Waals surface area contributed by atoms with Crippen molar-refractivity contribution in [2.24, 2.45) is 11.8 Å². The maximum absolute atomic E-state index is 12.2. The van der Waals surface area contributed by atoms with Gasteiger partial charge in [0.25, 0.3) is 11.8 Å². The fourth-order valence-corrected chi connectivity index (χ4v) is 3.78. The predicted molar refractivity (Wildman–Crippen MR) is 144 cm³/mol. The summed E-state index contributed by atoms with van der Waals surface area (Å²) in [4.78, 5) is 50.3. The number of hydrogen-bond donors (Lipinski definition) is 6. The maximum Gasteiger partial charge on any atom is 0.411 e. The Bertz CT molecular complexity index is 1220. The molecule has 2 aromatic carbocycles. The number of anilines is 2. The number of hydrogen-bond acceptors (Lipinski definition) is 8. The second-order valence-corrected chi connectivity index (χ2v) is 9.51. The number of amides is 4. The largest absolute Gasteiger partial charge is 0.465 e. The first-order valence-electron chi connectivity index (χ1n) is 12.2. The Morgan fingerprint density at radius 2 is 1.10 bits per heavy atom. The van der Waals surface area contributed by atoms with Crippen LogP contribution in [0.25, 0.3) is 22.8 Å². The Hall–Kier alpha value is -4.87. The number of carboxylic acid groups (broad SMARTS) is 2. The van der Waals surface area contributed by atoms with E-state index in [2.05, 4.69) is 15.6 Å². The molecule has 12 nitrogen and oxygen atoms in total. The quantitative estimate of drug-likeness (QED) is 0.216. The van der Waals surface area contributed by atoms with Gasteiger partial charge in [0.15, 0.2) is 5.76 Å². The van der Waals surface area contributed by atoms with Crippen LogP contribution < -0.4 is 21.3 Å². The molecule has 0 aliphatic rings. The number of oxazole rings is 1. The van der Waals surface area contributed by atoms with Gasteiger partial charge in [-0.15, -0.1) is 0 Å². The number of rotatable bonds is 10. The number of benzene rings is 2. The van der Waals surface area contributed by atoms with Crippen LogP contribution in [0.4, 0.5) is 21.0 Å². The van der Waals surface area contributed by atoms with Crippen LogP contribution in [-0.4, -0.2) is 51.3 Å². The van der Waals surface area contributed by atoms with Crippen LogP contribution >= 0.6 is 0 Å². The molecule has 0 saturated heterocycles. The second-order valence-electron chi connectivity index (χ2n) is 9.51. The van der Waals surface area contributed by atoms with E-state index in [0.717, 1.165) is 5.56 Å². The van der Waals surface area contributed by atoms with Crippen LogP contribution in [0.2, 0.25) is 0 Å². The first-order valence-corrected chi connectivity index (χ1v) is 12.2. The summed E-state index contributed by atoms with van der Waals surface area (Å²) in [5.74, 6) is -0.672. The van der Waals surface area contributed by atoms with E-state index in [1.54, 1.807) is 54.7 Å². The highest BCUT2D eigenvalue weighted by Crippen LogP contribution is 2.28. The van der Waals surface area contributed by atoms with Gasteiger partial charge in [-0.25, -0.2) is 14.6 Å². The van der Waals surface area contributed by atoms with Gasteiger partial charge in [0, 0.05) is 22.5 Å². The molecular weight excluding hydrogens is 506 g/mol. The van der Waals surface area contributed by atoms with Crippen molar-refractivity contribution in [1.82, 2.24) is 15.6 Å². The molecule has 0 aliphatic heterocycles. The second kappa shape index (κ2) is 12.6. The molecule has 0 radical (unpaired) electrons.